The molecule has 1 saturated heterocycles. The van der Waals surface area contributed by atoms with E-state index < -0.39 is 12.1 Å². The number of nitrogens with zero attached hydrogens (tertiary/aromatic N) is 1. The lowest BCUT2D eigenvalue weighted by atomic mass is 10.00. The van der Waals surface area contributed by atoms with Crippen LogP contribution in [0.4, 0.5) is 0 Å². The highest BCUT2D eigenvalue weighted by molar-refractivity contribution is 6.32. The third-order valence-corrected chi connectivity index (χ3v) is 5.13. The van der Waals surface area contributed by atoms with Crippen LogP contribution in [0.15, 0.2) is 84.9 Å². The average molecular weight is 405 g/mol. The summed E-state index contributed by atoms with van der Waals surface area (Å²) in [5.74, 6) is -0.585. The highest BCUT2D eigenvalue weighted by Gasteiger charge is 2.47. The van der Waals surface area contributed by atoms with E-state index in [1.54, 1.807) is 41.2 Å². The van der Waals surface area contributed by atoms with Gasteiger partial charge < -0.3 is 5.32 Å². The van der Waals surface area contributed by atoms with E-state index in [1.807, 2.05) is 54.6 Å². The molecule has 29 heavy (non-hydrogen) atoms. The molecule has 0 radical (unpaired) electrons. The zero-order chi connectivity index (χ0) is 20.2. The number of hydrogen-bond donors (Lipinski definition) is 2. The first kappa shape index (κ1) is 18.9. The third kappa shape index (κ3) is 4.05. The molecule has 1 heterocycles. The molecule has 0 aliphatic carbocycles. The zero-order valence-electron chi connectivity index (χ0n) is 15.5. The minimum Gasteiger partial charge on any atom is -0.334 e. The van der Waals surface area contributed by atoms with Crippen molar-refractivity contribution in [3.05, 3.63) is 107 Å². The molecule has 0 aromatic heterocycles. The van der Waals surface area contributed by atoms with Crippen molar-refractivity contribution in [3.63, 3.8) is 0 Å². The molecule has 2 atom stereocenters. The number of hydrazine groups is 1. The van der Waals surface area contributed by atoms with E-state index in [4.69, 9.17) is 11.6 Å². The molecule has 1 aliphatic heterocycles. The van der Waals surface area contributed by atoms with Crippen LogP contribution in [0.5, 0.6) is 0 Å². The topological polar surface area (TPSA) is 61.2 Å². The lowest BCUT2D eigenvalue weighted by Crippen LogP contribution is -2.42. The summed E-state index contributed by atoms with van der Waals surface area (Å²) in [5, 5.41) is 3.45. The van der Waals surface area contributed by atoms with Gasteiger partial charge in [-0.25, -0.2) is 0 Å². The molecule has 3 aromatic rings. The summed E-state index contributed by atoms with van der Waals surface area (Å²) in [4.78, 5) is 25.5. The molecule has 0 spiro atoms. The van der Waals surface area contributed by atoms with Crippen molar-refractivity contribution >= 4 is 29.6 Å². The van der Waals surface area contributed by atoms with Crippen molar-refractivity contribution in [1.82, 2.24) is 10.7 Å². The maximum absolute atomic E-state index is 12.8. The molecule has 0 bridgehead atoms. The van der Waals surface area contributed by atoms with Gasteiger partial charge in [0.15, 0.2) is 6.04 Å². The minimum atomic E-state index is -0.760. The number of carbonyl (C=O) groups is 2. The van der Waals surface area contributed by atoms with Crippen LogP contribution in [0.25, 0.3) is 0 Å². The van der Waals surface area contributed by atoms with Gasteiger partial charge in [-0.2, -0.15) is 0 Å². The fourth-order valence-corrected chi connectivity index (χ4v) is 3.56. The predicted molar refractivity (Wildman–Crippen MR) is 112 cm³/mol. The molecule has 144 valence electrons. The Morgan fingerprint density at radius 2 is 1.55 bits per heavy atom. The van der Waals surface area contributed by atoms with Gasteiger partial charge in [0.05, 0.1) is 10.6 Å². The lowest BCUT2D eigenvalue weighted by Gasteiger charge is -2.14. The third-order valence-electron chi connectivity index (χ3n) is 4.78. The summed E-state index contributed by atoms with van der Waals surface area (Å²) in [6.07, 6.45) is 1.78. The fraction of sp³-hybridized carbons (Fsp3) is 0.0870. The van der Waals surface area contributed by atoms with E-state index in [0.29, 0.717) is 10.6 Å². The van der Waals surface area contributed by atoms with Crippen LogP contribution in [-0.2, 0) is 4.79 Å². The number of amides is 2. The monoisotopic (exact) mass is 404 g/mol. The first-order valence-corrected chi connectivity index (χ1v) is 9.60. The summed E-state index contributed by atoms with van der Waals surface area (Å²) in [6.45, 7) is 0. The van der Waals surface area contributed by atoms with E-state index in [1.165, 1.54) is 0 Å². The van der Waals surface area contributed by atoms with Gasteiger partial charge in [-0.1, -0.05) is 72.3 Å². The zero-order valence-corrected chi connectivity index (χ0v) is 16.2. The van der Waals surface area contributed by atoms with Crippen LogP contribution < -0.4 is 10.7 Å². The first-order valence-electron chi connectivity index (χ1n) is 9.22. The quantitative estimate of drug-likeness (QED) is 0.655. The van der Waals surface area contributed by atoms with Crippen LogP contribution in [-0.4, -0.2) is 28.8 Å². The second kappa shape index (κ2) is 8.29. The highest BCUT2D eigenvalue weighted by atomic mass is 35.5. The van der Waals surface area contributed by atoms with Crippen molar-refractivity contribution in [2.24, 2.45) is 0 Å². The van der Waals surface area contributed by atoms with Gasteiger partial charge in [0, 0.05) is 11.1 Å². The molecule has 5 nitrogen and oxygen atoms in total. The number of hydrogen-bond acceptors (Lipinski definition) is 2. The highest BCUT2D eigenvalue weighted by Crippen LogP contribution is 2.26. The Balaban J connectivity index is 1.71. The van der Waals surface area contributed by atoms with Gasteiger partial charge in [-0.15, -0.1) is 10.1 Å². The Morgan fingerprint density at radius 3 is 2.24 bits per heavy atom. The predicted octanol–water partition coefficient (Wildman–Crippen LogP) is 3.36. The van der Waals surface area contributed by atoms with Gasteiger partial charge in [0.1, 0.15) is 0 Å². The maximum atomic E-state index is 12.8. The molecule has 4 rings (SSSR count). The van der Waals surface area contributed by atoms with Gasteiger partial charge in [0.25, 0.3) is 5.91 Å². The fourth-order valence-electron chi connectivity index (χ4n) is 3.37. The van der Waals surface area contributed by atoms with Crippen LogP contribution in [0.3, 0.4) is 0 Å². The lowest BCUT2D eigenvalue weighted by molar-refractivity contribution is -0.596. The number of carbonyl (C=O) groups excluding carboxylic acids is 2. The minimum absolute atomic E-state index is 0.286. The summed E-state index contributed by atoms with van der Waals surface area (Å²) < 4.78 is 1.70. The van der Waals surface area contributed by atoms with Crippen molar-refractivity contribution in [2.75, 3.05) is 0 Å². The van der Waals surface area contributed by atoms with E-state index in [2.05, 4.69) is 10.7 Å². The van der Waals surface area contributed by atoms with E-state index >= 15 is 0 Å². The average Bonchev–Trinajstić information content (AvgIpc) is 3.05. The van der Waals surface area contributed by atoms with Crippen LogP contribution >= 0.6 is 11.6 Å². The number of hydrazone groups is 1. The second-order valence-electron chi connectivity index (χ2n) is 6.71. The normalized spacial score (nSPS) is 19.8. The number of benzene rings is 3. The largest absolute Gasteiger partial charge is 0.334 e. The van der Waals surface area contributed by atoms with Crippen LogP contribution in [0.1, 0.15) is 27.5 Å². The molecule has 0 unspecified atom stereocenters. The van der Waals surface area contributed by atoms with E-state index in [0.717, 1.165) is 11.1 Å². The van der Waals surface area contributed by atoms with E-state index in [9.17, 15) is 9.59 Å². The standard InChI is InChI=1S/C23H18ClN3O2/c24-19-14-8-7-13-18(19)15-27-21(16-9-3-1-4-10-16)20(23(29)26-27)25-22(28)17-11-5-2-6-12-17/h1-15,20-21H,(H-,25,26,28,29)/p+1/b27-15-/t20-,21+/m0/s1. The Hall–Kier alpha value is -3.44. The molecule has 2 N–H and O–H groups in total. The van der Waals surface area contributed by atoms with Crippen molar-refractivity contribution in [2.45, 2.75) is 12.1 Å². The van der Waals surface area contributed by atoms with Crippen LogP contribution in [0.2, 0.25) is 5.02 Å². The Labute approximate surface area is 173 Å². The SMILES string of the molecule is O=C(N[C@@H]1C(=O)N/[N+](=C\c2ccccc2Cl)[C@@H]1c1ccccc1)c1ccccc1. The molecular formula is C23H19ClN3O2+. The smallest absolute Gasteiger partial charge is 0.304 e. The molecule has 2 amide bonds. The Kier molecular flexibility index (Phi) is 5.40. The number of rotatable bonds is 4. The summed E-state index contributed by atoms with van der Waals surface area (Å²) in [6, 6.07) is 24.6. The maximum Gasteiger partial charge on any atom is 0.304 e. The molecule has 1 aliphatic rings. The Bertz CT molecular complexity index is 1070. The Morgan fingerprint density at radius 1 is 0.931 bits per heavy atom. The number of halogens is 1. The summed E-state index contributed by atoms with van der Waals surface area (Å²) in [7, 11) is 0. The van der Waals surface area contributed by atoms with Gasteiger partial charge in [-0.05, 0) is 24.3 Å². The van der Waals surface area contributed by atoms with Crippen molar-refractivity contribution < 1.29 is 14.3 Å². The van der Waals surface area contributed by atoms with Gasteiger partial charge >= 0.3 is 5.91 Å². The number of nitrogens with one attached hydrogen (secondary N) is 2. The molecule has 3 aromatic carbocycles. The van der Waals surface area contributed by atoms with Gasteiger partial charge in [-0.3, -0.25) is 9.59 Å². The molecular weight excluding hydrogens is 386 g/mol. The molecule has 6 heteroatoms. The first-order chi connectivity index (χ1) is 14.1. The van der Waals surface area contributed by atoms with E-state index in [-0.39, 0.29) is 11.8 Å². The van der Waals surface area contributed by atoms with Gasteiger partial charge in [0.2, 0.25) is 12.3 Å². The molecule has 1 fully saturated rings. The van der Waals surface area contributed by atoms with Crippen molar-refractivity contribution in [3.8, 4) is 0 Å². The summed E-state index contributed by atoms with van der Waals surface area (Å²) in [5.41, 5.74) is 5.02. The van der Waals surface area contributed by atoms with Crippen molar-refractivity contribution in [1.29, 1.82) is 0 Å². The molecule has 0 saturated carbocycles. The second-order valence-corrected chi connectivity index (χ2v) is 7.11. The summed E-state index contributed by atoms with van der Waals surface area (Å²) >= 11 is 6.29. The van der Waals surface area contributed by atoms with Crippen LogP contribution in [0, 0.1) is 0 Å².